The number of aromatic nitrogens is 2. The number of carbonyl (C=O) groups is 1. The second kappa shape index (κ2) is 10.3. The number of likely N-dealkylation sites (tertiary alicyclic amines) is 1. The molecule has 156 valence electrons. The molecular formula is C23H32N4O2. The van der Waals surface area contributed by atoms with Crippen LogP contribution in [0.25, 0.3) is 0 Å². The molecule has 1 aromatic carbocycles. The van der Waals surface area contributed by atoms with Crippen LogP contribution in [0.1, 0.15) is 54.6 Å². The topological polar surface area (TPSA) is 78.1 Å². The molecule has 1 aliphatic heterocycles. The van der Waals surface area contributed by atoms with Crippen molar-refractivity contribution in [3.63, 3.8) is 0 Å². The Labute approximate surface area is 172 Å². The van der Waals surface area contributed by atoms with Gasteiger partial charge in [0.1, 0.15) is 0 Å². The van der Waals surface area contributed by atoms with E-state index in [0.29, 0.717) is 31.1 Å². The van der Waals surface area contributed by atoms with E-state index >= 15 is 0 Å². The summed E-state index contributed by atoms with van der Waals surface area (Å²) in [6, 6.07) is 11.1. The monoisotopic (exact) mass is 396 g/mol. The van der Waals surface area contributed by atoms with Gasteiger partial charge in [-0.25, -0.2) is 4.79 Å². The number of piperidine rings is 1. The molecule has 1 atom stereocenters. The highest BCUT2D eigenvalue weighted by molar-refractivity contribution is 5.76. The van der Waals surface area contributed by atoms with E-state index in [-0.39, 0.29) is 11.6 Å². The van der Waals surface area contributed by atoms with Gasteiger partial charge in [0.05, 0.1) is 0 Å². The number of amides is 1. The molecule has 3 rings (SSSR count). The number of hydrogen-bond donors (Lipinski definition) is 2. The molecule has 0 saturated carbocycles. The first-order valence-corrected chi connectivity index (χ1v) is 10.6. The van der Waals surface area contributed by atoms with Crippen LogP contribution in [0.3, 0.4) is 0 Å². The highest BCUT2D eigenvalue weighted by Crippen LogP contribution is 2.21. The highest BCUT2D eigenvalue weighted by atomic mass is 16.1. The fraction of sp³-hybridized carbons (Fsp3) is 0.522. The van der Waals surface area contributed by atoms with Gasteiger partial charge in [0.25, 0.3) is 0 Å². The Hall–Kier alpha value is -2.47. The van der Waals surface area contributed by atoms with Crippen LogP contribution in [0, 0.1) is 13.8 Å². The predicted molar refractivity (Wildman–Crippen MR) is 115 cm³/mol. The summed E-state index contributed by atoms with van der Waals surface area (Å²) in [7, 11) is 0. The highest BCUT2D eigenvalue weighted by Gasteiger charge is 2.22. The van der Waals surface area contributed by atoms with Gasteiger partial charge < -0.3 is 10.3 Å². The quantitative estimate of drug-likeness (QED) is 0.719. The van der Waals surface area contributed by atoms with Crippen molar-refractivity contribution in [3.8, 4) is 0 Å². The van der Waals surface area contributed by atoms with Gasteiger partial charge >= 0.3 is 5.69 Å². The molecule has 2 heterocycles. The first-order valence-electron chi connectivity index (χ1n) is 10.6. The van der Waals surface area contributed by atoms with Crippen molar-refractivity contribution < 1.29 is 4.79 Å². The molecule has 1 amide bonds. The van der Waals surface area contributed by atoms with Crippen molar-refractivity contribution in [1.29, 1.82) is 0 Å². The van der Waals surface area contributed by atoms with Gasteiger partial charge in [-0.1, -0.05) is 36.8 Å². The molecule has 1 aliphatic rings. The Kier molecular flexibility index (Phi) is 7.58. The van der Waals surface area contributed by atoms with Gasteiger partial charge in [-0.15, -0.1) is 0 Å². The lowest BCUT2D eigenvalue weighted by Gasteiger charge is -2.36. The van der Waals surface area contributed by atoms with E-state index < -0.39 is 0 Å². The number of nitrogens with one attached hydrogen (secondary N) is 2. The van der Waals surface area contributed by atoms with Crippen LogP contribution < -0.4 is 11.0 Å². The first kappa shape index (κ1) is 21.2. The van der Waals surface area contributed by atoms with Crippen molar-refractivity contribution in [2.75, 3.05) is 13.1 Å². The van der Waals surface area contributed by atoms with E-state index in [0.717, 1.165) is 30.8 Å². The second-order valence-corrected chi connectivity index (χ2v) is 7.98. The van der Waals surface area contributed by atoms with Crippen molar-refractivity contribution in [2.45, 2.75) is 65.0 Å². The van der Waals surface area contributed by atoms with E-state index in [1.54, 1.807) is 0 Å². The maximum absolute atomic E-state index is 12.3. The third-order valence-corrected chi connectivity index (χ3v) is 5.83. The van der Waals surface area contributed by atoms with Crippen LogP contribution >= 0.6 is 0 Å². The summed E-state index contributed by atoms with van der Waals surface area (Å²) < 4.78 is 0. The number of hydrogen-bond acceptors (Lipinski definition) is 4. The minimum Gasteiger partial charge on any atom is -0.356 e. The zero-order chi connectivity index (χ0) is 20.6. The number of H-pyrrole nitrogens is 1. The summed E-state index contributed by atoms with van der Waals surface area (Å²) in [6.07, 6.45) is 5.70. The fourth-order valence-corrected chi connectivity index (χ4v) is 4.24. The largest absolute Gasteiger partial charge is 0.356 e. The third kappa shape index (κ3) is 6.26. The summed E-state index contributed by atoms with van der Waals surface area (Å²) in [5.41, 5.74) is 3.48. The van der Waals surface area contributed by atoms with Crippen LogP contribution in [0.5, 0.6) is 0 Å². The summed E-state index contributed by atoms with van der Waals surface area (Å²) in [6.45, 7) is 6.49. The smallest absolute Gasteiger partial charge is 0.345 e. The Morgan fingerprint density at radius 3 is 2.79 bits per heavy atom. The van der Waals surface area contributed by atoms with Gasteiger partial charge in [0.2, 0.25) is 5.91 Å². The van der Waals surface area contributed by atoms with Gasteiger partial charge in [-0.3, -0.25) is 9.69 Å². The standard InChI is InChI=1S/C23H32N4O2/c1-17-21(18(2)26-23(29)25-17)11-12-22(28)24-14-13-20-10-6-7-15-27(20)16-19-8-4-3-5-9-19/h3-5,8-9,20H,6-7,10-16H2,1-2H3,(H,24,28)(H,25,26,29). The molecule has 0 radical (unpaired) electrons. The maximum atomic E-state index is 12.3. The SMILES string of the molecule is Cc1nc(=O)[nH]c(C)c1CCC(=O)NCCC1CCCCN1Cc1ccccc1. The molecule has 1 unspecified atom stereocenters. The Morgan fingerprint density at radius 2 is 2.03 bits per heavy atom. The lowest BCUT2D eigenvalue weighted by molar-refractivity contribution is -0.121. The average Bonchev–Trinajstić information content (AvgIpc) is 2.69. The van der Waals surface area contributed by atoms with Crippen LogP contribution in [-0.4, -0.2) is 39.9 Å². The summed E-state index contributed by atoms with van der Waals surface area (Å²) in [5, 5.41) is 3.08. The summed E-state index contributed by atoms with van der Waals surface area (Å²) in [4.78, 5) is 32.9. The molecule has 29 heavy (non-hydrogen) atoms. The molecule has 0 spiro atoms. The van der Waals surface area contributed by atoms with Crippen molar-refractivity contribution in [2.24, 2.45) is 0 Å². The zero-order valence-electron chi connectivity index (χ0n) is 17.5. The van der Waals surface area contributed by atoms with Crippen molar-refractivity contribution in [1.82, 2.24) is 20.2 Å². The van der Waals surface area contributed by atoms with Crippen molar-refractivity contribution >= 4 is 5.91 Å². The molecule has 0 bridgehead atoms. The van der Waals surface area contributed by atoms with Gasteiger partial charge in [-0.2, -0.15) is 4.98 Å². The molecule has 6 nitrogen and oxygen atoms in total. The number of aryl methyl sites for hydroxylation is 2. The number of carbonyl (C=O) groups excluding carboxylic acids is 1. The van der Waals surface area contributed by atoms with Crippen LogP contribution in [0.4, 0.5) is 0 Å². The van der Waals surface area contributed by atoms with Crippen LogP contribution in [0.2, 0.25) is 0 Å². The summed E-state index contributed by atoms with van der Waals surface area (Å²) >= 11 is 0. The normalized spacial score (nSPS) is 17.2. The molecular weight excluding hydrogens is 364 g/mol. The Balaban J connectivity index is 1.44. The molecule has 6 heteroatoms. The molecule has 2 aromatic rings. The van der Waals surface area contributed by atoms with E-state index in [1.165, 1.54) is 24.8 Å². The van der Waals surface area contributed by atoms with E-state index in [4.69, 9.17) is 0 Å². The maximum Gasteiger partial charge on any atom is 0.345 e. The predicted octanol–water partition coefficient (Wildman–Crippen LogP) is 2.88. The number of benzene rings is 1. The molecule has 1 saturated heterocycles. The second-order valence-electron chi connectivity index (χ2n) is 7.98. The number of aromatic amines is 1. The lowest BCUT2D eigenvalue weighted by Crippen LogP contribution is -2.41. The summed E-state index contributed by atoms with van der Waals surface area (Å²) in [5.74, 6) is 0.0559. The Bertz CT molecular complexity index is 837. The minimum absolute atomic E-state index is 0.0559. The van der Waals surface area contributed by atoms with E-state index in [1.807, 2.05) is 13.8 Å². The average molecular weight is 397 g/mol. The van der Waals surface area contributed by atoms with Crippen molar-refractivity contribution in [3.05, 3.63) is 63.3 Å². The van der Waals surface area contributed by atoms with Crippen LogP contribution in [-0.2, 0) is 17.8 Å². The van der Waals surface area contributed by atoms with Crippen LogP contribution in [0.15, 0.2) is 35.1 Å². The molecule has 1 aromatic heterocycles. The molecule has 0 aliphatic carbocycles. The minimum atomic E-state index is -0.333. The number of nitrogens with zero attached hydrogens (tertiary/aromatic N) is 2. The first-order chi connectivity index (χ1) is 14.0. The lowest BCUT2D eigenvalue weighted by atomic mass is 9.98. The van der Waals surface area contributed by atoms with E-state index in [2.05, 4.69) is 50.5 Å². The Morgan fingerprint density at radius 1 is 1.24 bits per heavy atom. The molecule has 2 N–H and O–H groups in total. The zero-order valence-corrected chi connectivity index (χ0v) is 17.5. The third-order valence-electron chi connectivity index (χ3n) is 5.83. The van der Waals surface area contributed by atoms with Gasteiger partial charge in [-0.05, 0) is 57.2 Å². The number of rotatable bonds is 8. The molecule has 1 fully saturated rings. The van der Waals surface area contributed by atoms with Gasteiger partial charge in [0, 0.05) is 36.9 Å². The van der Waals surface area contributed by atoms with Gasteiger partial charge in [0.15, 0.2) is 0 Å². The fourth-order valence-electron chi connectivity index (χ4n) is 4.24. The van der Waals surface area contributed by atoms with E-state index in [9.17, 15) is 9.59 Å².